The van der Waals surface area contributed by atoms with Crippen LogP contribution in [0, 0.1) is 6.92 Å². The Labute approximate surface area is 122 Å². The van der Waals surface area contributed by atoms with Gasteiger partial charge in [0.1, 0.15) is 18.2 Å². The van der Waals surface area contributed by atoms with Crippen LogP contribution in [0.1, 0.15) is 40.4 Å². The molecular weight excluding hydrogens is 270 g/mol. The Balaban J connectivity index is 1.77. The molecule has 0 aliphatic carbocycles. The zero-order valence-electron chi connectivity index (χ0n) is 11.9. The Morgan fingerprint density at radius 2 is 2.24 bits per heavy atom. The molecule has 6 nitrogen and oxygen atoms in total. The maximum atomic E-state index is 11.0. The highest BCUT2D eigenvalue weighted by Crippen LogP contribution is 2.21. The fraction of sp³-hybridized carbons (Fsp3) is 0.400. The number of hydrogen-bond acceptors (Lipinski definition) is 4. The van der Waals surface area contributed by atoms with E-state index in [0.29, 0.717) is 12.4 Å². The van der Waals surface area contributed by atoms with Gasteiger partial charge in [-0.15, -0.1) is 10.2 Å². The molecule has 1 aromatic heterocycles. The number of ether oxygens (including phenoxy) is 1. The van der Waals surface area contributed by atoms with Gasteiger partial charge in [0.25, 0.3) is 0 Å². The second-order valence-electron chi connectivity index (χ2n) is 5.22. The van der Waals surface area contributed by atoms with E-state index in [-0.39, 0.29) is 5.56 Å². The van der Waals surface area contributed by atoms with Crippen LogP contribution in [0.2, 0.25) is 0 Å². The van der Waals surface area contributed by atoms with Crippen LogP contribution in [0.25, 0.3) is 0 Å². The van der Waals surface area contributed by atoms with Crippen LogP contribution >= 0.6 is 0 Å². The predicted octanol–water partition coefficient (Wildman–Crippen LogP) is 2.20. The number of nitrogens with zero attached hydrogens (tertiary/aromatic N) is 3. The van der Waals surface area contributed by atoms with Gasteiger partial charge in [0, 0.05) is 13.0 Å². The van der Waals surface area contributed by atoms with E-state index in [9.17, 15) is 4.79 Å². The number of carboxylic acid groups (broad SMARTS) is 1. The first kappa shape index (κ1) is 13.6. The van der Waals surface area contributed by atoms with E-state index in [2.05, 4.69) is 14.8 Å². The summed E-state index contributed by atoms with van der Waals surface area (Å²) in [4.78, 5) is 11.0. The van der Waals surface area contributed by atoms with Crippen molar-refractivity contribution in [3.8, 4) is 5.75 Å². The average Bonchev–Trinajstić information content (AvgIpc) is 2.89. The second kappa shape index (κ2) is 5.55. The molecule has 0 spiro atoms. The Kier molecular flexibility index (Phi) is 3.60. The first-order valence-corrected chi connectivity index (χ1v) is 7.03. The van der Waals surface area contributed by atoms with Gasteiger partial charge >= 0.3 is 5.97 Å². The Bertz CT molecular complexity index is 679. The number of aromatic nitrogens is 3. The highest BCUT2D eigenvalue weighted by atomic mass is 16.5. The standard InChI is InChI=1S/C15H17N3O3/c1-10-5-6-11(15(19)20)8-12(10)21-9-14-17-16-13-4-2-3-7-18(13)14/h5-6,8H,2-4,7,9H2,1H3,(H,19,20). The summed E-state index contributed by atoms with van der Waals surface area (Å²) in [5.74, 6) is 1.42. The molecule has 0 saturated carbocycles. The quantitative estimate of drug-likeness (QED) is 0.932. The van der Waals surface area contributed by atoms with E-state index in [1.165, 1.54) is 0 Å². The Morgan fingerprint density at radius 3 is 3.05 bits per heavy atom. The maximum absolute atomic E-state index is 11.0. The van der Waals surface area contributed by atoms with Crippen LogP contribution in [0.3, 0.4) is 0 Å². The molecule has 0 unspecified atom stereocenters. The number of hydrogen-bond donors (Lipinski definition) is 1. The van der Waals surface area contributed by atoms with E-state index < -0.39 is 5.97 Å². The van der Waals surface area contributed by atoms with Crippen LogP contribution in [-0.2, 0) is 19.6 Å². The molecule has 1 aliphatic heterocycles. The summed E-state index contributed by atoms with van der Waals surface area (Å²) in [5.41, 5.74) is 1.12. The summed E-state index contributed by atoms with van der Waals surface area (Å²) in [6.45, 7) is 3.12. The fourth-order valence-electron chi connectivity index (χ4n) is 2.51. The minimum absolute atomic E-state index is 0.221. The largest absolute Gasteiger partial charge is 0.485 e. The molecular formula is C15H17N3O3. The molecule has 110 valence electrons. The third-order valence-electron chi connectivity index (χ3n) is 3.73. The summed E-state index contributed by atoms with van der Waals surface area (Å²) in [5, 5.41) is 17.4. The number of carbonyl (C=O) groups is 1. The van der Waals surface area contributed by atoms with E-state index in [4.69, 9.17) is 9.84 Å². The Hall–Kier alpha value is -2.37. The molecule has 0 radical (unpaired) electrons. The topological polar surface area (TPSA) is 77.2 Å². The molecule has 0 fully saturated rings. The molecule has 0 saturated heterocycles. The fourth-order valence-corrected chi connectivity index (χ4v) is 2.51. The van der Waals surface area contributed by atoms with Crippen LogP contribution in [-0.4, -0.2) is 25.8 Å². The molecule has 1 aliphatic rings. The molecule has 3 rings (SSSR count). The minimum Gasteiger partial charge on any atom is -0.485 e. The van der Waals surface area contributed by atoms with Gasteiger partial charge in [-0.3, -0.25) is 0 Å². The average molecular weight is 287 g/mol. The van der Waals surface area contributed by atoms with Gasteiger partial charge < -0.3 is 14.4 Å². The monoisotopic (exact) mass is 287 g/mol. The van der Waals surface area contributed by atoms with Crippen LogP contribution in [0.5, 0.6) is 5.75 Å². The van der Waals surface area contributed by atoms with Crippen LogP contribution in [0.15, 0.2) is 18.2 Å². The zero-order valence-corrected chi connectivity index (χ0v) is 11.9. The van der Waals surface area contributed by atoms with E-state index in [1.54, 1.807) is 18.2 Å². The van der Waals surface area contributed by atoms with Gasteiger partial charge in [0.05, 0.1) is 5.56 Å². The number of aryl methyl sites for hydroxylation is 2. The van der Waals surface area contributed by atoms with Crippen molar-refractivity contribution in [2.45, 2.75) is 39.3 Å². The number of aromatic carboxylic acids is 1. The number of rotatable bonds is 4. The third kappa shape index (κ3) is 2.74. The lowest BCUT2D eigenvalue weighted by Gasteiger charge is -2.15. The van der Waals surface area contributed by atoms with Crippen molar-refractivity contribution in [1.29, 1.82) is 0 Å². The van der Waals surface area contributed by atoms with Crippen molar-refractivity contribution in [3.05, 3.63) is 41.0 Å². The lowest BCUT2D eigenvalue weighted by Crippen LogP contribution is -2.14. The zero-order chi connectivity index (χ0) is 14.8. The van der Waals surface area contributed by atoms with Crippen molar-refractivity contribution in [1.82, 2.24) is 14.8 Å². The van der Waals surface area contributed by atoms with E-state index in [1.807, 2.05) is 6.92 Å². The summed E-state index contributed by atoms with van der Waals surface area (Å²) < 4.78 is 7.85. The van der Waals surface area contributed by atoms with Crippen molar-refractivity contribution in [3.63, 3.8) is 0 Å². The summed E-state index contributed by atoms with van der Waals surface area (Å²) >= 11 is 0. The van der Waals surface area contributed by atoms with E-state index in [0.717, 1.165) is 43.0 Å². The molecule has 0 atom stereocenters. The smallest absolute Gasteiger partial charge is 0.335 e. The van der Waals surface area contributed by atoms with Crippen molar-refractivity contribution in [2.24, 2.45) is 0 Å². The summed E-state index contributed by atoms with van der Waals surface area (Å²) in [6.07, 6.45) is 3.24. The number of carboxylic acids is 1. The highest BCUT2D eigenvalue weighted by molar-refractivity contribution is 5.88. The van der Waals surface area contributed by atoms with Gasteiger partial charge in [-0.05, 0) is 37.5 Å². The molecule has 1 aromatic carbocycles. The van der Waals surface area contributed by atoms with Gasteiger partial charge in [0.2, 0.25) is 0 Å². The highest BCUT2D eigenvalue weighted by Gasteiger charge is 2.16. The minimum atomic E-state index is -0.959. The third-order valence-corrected chi connectivity index (χ3v) is 3.73. The van der Waals surface area contributed by atoms with Gasteiger partial charge in [0.15, 0.2) is 5.82 Å². The van der Waals surface area contributed by atoms with Crippen molar-refractivity contribution in [2.75, 3.05) is 0 Å². The molecule has 21 heavy (non-hydrogen) atoms. The number of fused-ring (bicyclic) bond motifs is 1. The first-order valence-electron chi connectivity index (χ1n) is 7.03. The van der Waals surface area contributed by atoms with Gasteiger partial charge in [-0.1, -0.05) is 6.07 Å². The van der Waals surface area contributed by atoms with Crippen molar-refractivity contribution >= 4 is 5.97 Å². The molecule has 2 heterocycles. The van der Waals surface area contributed by atoms with Gasteiger partial charge in [-0.25, -0.2) is 4.79 Å². The summed E-state index contributed by atoms with van der Waals surface area (Å²) in [6, 6.07) is 4.87. The molecule has 2 aromatic rings. The second-order valence-corrected chi connectivity index (χ2v) is 5.22. The van der Waals surface area contributed by atoms with E-state index >= 15 is 0 Å². The maximum Gasteiger partial charge on any atom is 0.335 e. The van der Waals surface area contributed by atoms with Crippen LogP contribution in [0.4, 0.5) is 0 Å². The normalized spacial score (nSPS) is 13.8. The van der Waals surface area contributed by atoms with Crippen molar-refractivity contribution < 1.29 is 14.6 Å². The number of benzene rings is 1. The molecule has 1 N–H and O–H groups in total. The van der Waals surface area contributed by atoms with Crippen LogP contribution < -0.4 is 4.74 Å². The van der Waals surface area contributed by atoms with Gasteiger partial charge in [-0.2, -0.15) is 0 Å². The first-order chi connectivity index (χ1) is 10.1. The molecule has 6 heteroatoms. The SMILES string of the molecule is Cc1ccc(C(=O)O)cc1OCc1nnc2n1CCCC2. The lowest BCUT2D eigenvalue weighted by molar-refractivity contribution is 0.0696. The lowest BCUT2D eigenvalue weighted by atomic mass is 10.1. The predicted molar refractivity (Wildman–Crippen MR) is 75.4 cm³/mol. The Morgan fingerprint density at radius 1 is 1.38 bits per heavy atom. The summed E-state index contributed by atoms with van der Waals surface area (Å²) in [7, 11) is 0. The molecule has 0 bridgehead atoms. The molecule has 0 amide bonds.